The number of hydrogen-bond acceptors (Lipinski definition) is 4. The van der Waals surface area contributed by atoms with E-state index >= 15 is 0 Å². The van der Waals surface area contributed by atoms with Crippen molar-refractivity contribution in [2.45, 2.75) is 44.3 Å². The molecule has 0 aromatic carbocycles. The molecule has 1 unspecified atom stereocenters. The van der Waals surface area contributed by atoms with Gasteiger partial charge in [-0.25, -0.2) is 0 Å². The Morgan fingerprint density at radius 2 is 2.00 bits per heavy atom. The number of carbonyl (C=O) groups excluding carboxylic acids is 1. The van der Waals surface area contributed by atoms with Crippen LogP contribution in [-0.4, -0.2) is 36.0 Å². The molecule has 0 aromatic rings. The maximum absolute atomic E-state index is 11.7. The fourth-order valence-corrected chi connectivity index (χ4v) is 2.61. The van der Waals surface area contributed by atoms with Gasteiger partial charge in [-0.1, -0.05) is 0 Å². The van der Waals surface area contributed by atoms with Gasteiger partial charge >= 0.3 is 5.97 Å². The highest BCUT2D eigenvalue weighted by atomic mass is 16.5. The van der Waals surface area contributed by atoms with Gasteiger partial charge in [0.25, 0.3) is 0 Å². The average Bonchev–Trinajstić information content (AvgIpc) is 2.90. The second-order valence-corrected chi connectivity index (χ2v) is 5.33. The first-order valence-electron chi connectivity index (χ1n) is 5.30. The summed E-state index contributed by atoms with van der Waals surface area (Å²) >= 11 is 0. The Morgan fingerprint density at radius 1 is 1.40 bits per heavy atom. The minimum Gasteiger partial charge on any atom is -0.469 e. The van der Waals surface area contributed by atoms with Crippen molar-refractivity contribution in [1.29, 1.82) is 0 Å². The molecule has 86 valence electrons. The maximum atomic E-state index is 11.7. The molecular weight excluding hydrogens is 196 g/mol. The third-order valence-electron chi connectivity index (χ3n) is 3.64. The van der Waals surface area contributed by atoms with Crippen LogP contribution < -0.4 is 0 Å². The lowest BCUT2D eigenvalue weighted by atomic mass is 9.79. The molecule has 4 nitrogen and oxygen atoms in total. The first kappa shape index (κ1) is 10.9. The van der Waals surface area contributed by atoms with Crippen LogP contribution in [0.5, 0.6) is 0 Å². The van der Waals surface area contributed by atoms with Crippen LogP contribution in [0, 0.1) is 5.41 Å². The zero-order valence-corrected chi connectivity index (χ0v) is 9.50. The van der Waals surface area contributed by atoms with E-state index in [4.69, 9.17) is 9.47 Å². The molecular formula is C11H18O4. The van der Waals surface area contributed by atoms with Crippen molar-refractivity contribution in [3.8, 4) is 0 Å². The Labute approximate surface area is 89.6 Å². The van der Waals surface area contributed by atoms with Gasteiger partial charge in [0.05, 0.1) is 24.7 Å². The van der Waals surface area contributed by atoms with Crippen LogP contribution >= 0.6 is 0 Å². The molecule has 1 N–H and O–H groups in total. The number of rotatable bonds is 2. The molecule has 0 spiro atoms. The van der Waals surface area contributed by atoms with Crippen LogP contribution in [0.4, 0.5) is 0 Å². The lowest BCUT2D eigenvalue weighted by Crippen LogP contribution is -2.46. The second kappa shape index (κ2) is 2.95. The van der Waals surface area contributed by atoms with Gasteiger partial charge in [-0.05, 0) is 26.7 Å². The first-order chi connectivity index (χ1) is 6.85. The molecule has 1 aliphatic heterocycles. The zero-order valence-electron chi connectivity index (χ0n) is 9.50. The minimum absolute atomic E-state index is 0.231. The van der Waals surface area contributed by atoms with Gasteiger partial charge in [0.1, 0.15) is 5.60 Å². The quantitative estimate of drug-likeness (QED) is 0.693. The molecule has 1 heterocycles. The lowest BCUT2D eigenvalue weighted by molar-refractivity contribution is -0.159. The molecule has 2 aliphatic rings. The SMILES string of the molecule is COC(=O)C1(C2(O)COC(C)(C)C2)CC1. The molecule has 2 rings (SSSR count). The highest BCUT2D eigenvalue weighted by Crippen LogP contribution is 2.59. The fraction of sp³-hybridized carbons (Fsp3) is 0.909. The van der Waals surface area contributed by atoms with Crippen LogP contribution in [0.2, 0.25) is 0 Å². The van der Waals surface area contributed by atoms with Crippen molar-refractivity contribution < 1.29 is 19.4 Å². The number of methoxy groups -OCH3 is 1. The predicted octanol–water partition coefficient (Wildman–Crippen LogP) is 0.870. The van der Waals surface area contributed by atoms with Crippen molar-refractivity contribution in [2.24, 2.45) is 5.41 Å². The molecule has 0 aromatic heterocycles. The predicted molar refractivity (Wildman–Crippen MR) is 53.3 cm³/mol. The van der Waals surface area contributed by atoms with Crippen molar-refractivity contribution >= 4 is 5.97 Å². The monoisotopic (exact) mass is 214 g/mol. The number of esters is 1. The summed E-state index contributed by atoms with van der Waals surface area (Å²) in [5.74, 6) is -0.300. The molecule has 1 saturated carbocycles. The second-order valence-electron chi connectivity index (χ2n) is 5.33. The summed E-state index contributed by atoms with van der Waals surface area (Å²) in [6.45, 7) is 4.09. The zero-order chi connectivity index (χ0) is 11.3. The van der Waals surface area contributed by atoms with E-state index in [1.54, 1.807) is 0 Å². The van der Waals surface area contributed by atoms with Crippen molar-refractivity contribution in [3.63, 3.8) is 0 Å². The Hall–Kier alpha value is -0.610. The summed E-state index contributed by atoms with van der Waals surface area (Å²) in [5, 5.41) is 10.5. The third-order valence-corrected chi connectivity index (χ3v) is 3.64. The minimum atomic E-state index is -1.04. The van der Waals surface area contributed by atoms with Crippen molar-refractivity contribution in [2.75, 3.05) is 13.7 Å². The summed E-state index contributed by atoms with van der Waals surface area (Å²) < 4.78 is 10.3. The van der Waals surface area contributed by atoms with Crippen LogP contribution in [0.15, 0.2) is 0 Å². The lowest BCUT2D eigenvalue weighted by Gasteiger charge is -2.30. The molecule has 15 heavy (non-hydrogen) atoms. The molecule has 0 bridgehead atoms. The number of carbonyl (C=O) groups is 1. The van der Waals surface area contributed by atoms with E-state index in [0.717, 1.165) is 0 Å². The smallest absolute Gasteiger partial charge is 0.314 e. The third kappa shape index (κ3) is 1.47. The van der Waals surface area contributed by atoms with Crippen LogP contribution in [0.25, 0.3) is 0 Å². The molecule has 2 fully saturated rings. The number of hydrogen-bond donors (Lipinski definition) is 1. The topological polar surface area (TPSA) is 55.8 Å². The van der Waals surface area contributed by atoms with Crippen LogP contribution in [0.1, 0.15) is 33.1 Å². The average molecular weight is 214 g/mol. The van der Waals surface area contributed by atoms with E-state index in [1.807, 2.05) is 13.8 Å². The fourth-order valence-electron chi connectivity index (χ4n) is 2.61. The summed E-state index contributed by atoms with van der Waals surface area (Å²) in [7, 11) is 1.37. The van der Waals surface area contributed by atoms with Gasteiger partial charge in [-0.3, -0.25) is 4.79 Å². The van der Waals surface area contributed by atoms with Crippen molar-refractivity contribution in [1.82, 2.24) is 0 Å². The Bertz CT molecular complexity index is 293. The summed E-state index contributed by atoms with van der Waals surface area (Å²) in [6, 6.07) is 0. The van der Waals surface area contributed by atoms with Gasteiger partial charge in [-0.15, -0.1) is 0 Å². The highest BCUT2D eigenvalue weighted by molar-refractivity contribution is 5.81. The molecule has 1 saturated heterocycles. The normalized spacial score (nSPS) is 36.3. The standard InChI is InChI=1S/C11H18O4/c1-9(2)6-11(13,7-15-9)10(4-5-10)8(12)14-3/h13H,4-7H2,1-3H3. The van der Waals surface area contributed by atoms with Crippen LogP contribution in [0.3, 0.4) is 0 Å². The molecule has 1 aliphatic carbocycles. The van der Waals surface area contributed by atoms with E-state index in [9.17, 15) is 9.90 Å². The summed E-state index contributed by atoms with van der Waals surface area (Å²) in [4.78, 5) is 11.7. The molecule has 4 heteroatoms. The molecule has 0 amide bonds. The van der Waals surface area contributed by atoms with Gasteiger partial charge in [0.2, 0.25) is 0 Å². The number of ether oxygens (including phenoxy) is 2. The first-order valence-corrected chi connectivity index (χ1v) is 5.30. The summed E-state index contributed by atoms with van der Waals surface area (Å²) in [5.41, 5.74) is -2.09. The van der Waals surface area contributed by atoms with E-state index in [2.05, 4.69) is 0 Å². The van der Waals surface area contributed by atoms with Gasteiger partial charge in [0, 0.05) is 6.42 Å². The van der Waals surface area contributed by atoms with Gasteiger partial charge in [0.15, 0.2) is 0 Å². The Kier molecular flexibility index (Phi) is 2.14. The van der Waals surface area contributed by atoms with E-state index in [-0.39, 0.29) is 18.2 Å². The number of aliphatic hydroxyl groups is 1. The highest BCUT2D eigenvalue weighted by Gasteiger charge is 2.68. The molecule has 0 radical (unpaired) electrons. The van der Waals surface area contributed by atoms with Gasteiger partial charge < -0.3 is 14.6 Å². The van der Waals surface area contributed by atoms with Crippen LogP contribution in [-0.2, 0) is 14.3 Å². The van der Waals surface area contributed by atoms with Crippen molar-refractivity contribution in [3.05, 3.63) is 0 Å². The van der Waals surface area contributed by atoms with Gasteiger partial charge in [-0.2, -0.15) is 0 Å². The van der Waals surface area contributed by atoms with E-state index < -0.39 is 11.0 Å². The van der Waals surface area contributed by atoms with E-state index in [0.29, 0.717) is 19.3 Å². The maximum Gasteiger partial charge on any atom is 0.314 e. The largest absolute Gasteiger partial charge is 0.469 e. The molecule has 1 atom stereocenters. The Morgan fingerprint density at radius 3 is 2.33 bits per heavy atom. The van der Waals surface area contributed by atoms with E-state index in [1.165, 1.54) is 7.11 Å². The Balaban J connectivity index is 2.21. The summed E-state index contributed by atoms with van der Waals surface area (Å²) in [6.07, 6.45) is 1.90.